The number of aromatic nitrogens is 1. The van der Waals surface area contributed by atoms with Crippen molar-refractivity contribution in [3.8, 4) is 0 Å². The Morgan fingerprint density at radius 1 is 1.47 bits per heavy atom. The molecule has 0 amide bonds. The Morgan fingerprint density at radius 3 is 2.82 bits per heavy atom. The minimum Gasteiger partial charge on any atom is -0.383 e. The summed E-state index contributed by atoms with van der Waals surface area (Å²) < 4.78 is 5.15. The third-order valence-electron chi connectivity index (χ3n) is 3.06. The summed E-state index contributed by atoms with van der Waals surface area (Å²) in [7, 11) is 1.74. The van der Waals surface area contributed by atoms with Gasteiger partial charge in [-0.3, -0.25) is 0 Å². The first-order chi connectivity index (χ1) is 8.35. The average Bonchev–Trinajstić information content (AvgIpc) is 3.16. The molecule has 1 saturated carbocycles. The van der Waals surface area contributed by atoms with E-state index in [0.717, 1.165) is 25.4 Å². The summed E-state index contributed by atoms with van der Waals surface area (Å²) in [4.78, 5) is 6.87. The summed E-state index contributed by atoms with van der Waals surface area (Å²) in [5.74, 6) is 1.06. The predicted molar refractivity (Wildman–Crippen MR) is 69.2 cm³/mol. The SMILES string of the molecule is COCCN(c1ccc(CCN)cn1)C1CC1. The van der Waals surface area contributed by atoms with Crippen molar-refractivity contribution >= 4 is 5.82 Å². The molecule has 0 unspecified atom stereocenters. The van der Waals surface area contributed by atoms with Gasteiger partial charge in [0, 0.05) is 25.9 Å². The van der Waals surface area contributed by atoms with Crippen LogP contribution in [0.5, 0.6) is 0 Å². The quantitative estimate of drug-likeness (QED) is 0.771. The molecule has 0 spiro atoms. The maximum absolute atomic E-state index is 5.53. The van der Waals surface area contributed by atoms with Crippen molar-refractivity contribution in [2.45, 2.75) is 25.3 Å². The lowest BCUT2D eigenvalue weighted by molar-refractivity contribution is 0.204. The van der Waals surface area contributed by atoms with Crippen molar-refractivity contribution in [2.75, 3.05) is 31.7 Å². The molecular formula is C13H21N3O. The van der Waals surface area contributed by atoms with Gasteiger partial charge in [-0.2, -0.15) is 0 Å². The van der Waals surface area contributed by atoms with Gasteiger partial charge in [-0.15, -0.1) is 0 Å². The first kappa shape index (κ1) is 12.3. The maximum Gasteiger partial charge on any atom is 0.128 e. The van der Waals surface area contributed by atoms with E-state index in [1.165, 1.54) is 18.4 Å². The molecule has 1 fully saturated rings. The molecule has 1 heterocycles. The van der Waals surface area contributed by atoms with Crippen LogP contribution in [0, 0.1) is 0 Å². The van der Waals surface area contributed by atoms with Crippen LogP contribution in [-0.2, 0) is 11.2 Å². The van der Waals surface area contributed by atoms with E-state index >= 15 is 0 Å². The van der Waals surface area contributed by atoms with Gasteiger partial charge in [0.05, 0.1) is 6.61 Å². The Hall–Kier alpha value is -1.13. The fourth-order valence-corrected chi connectivity index (χ4v) is 1.96. The minimum absolute atomic E-state index is 0.665. The molecule has 94 valence electrons. The van der Waals surface area contributed by atoms with Crippen molar-refractivity contribution in [2.24, 2.45) is 5.73 Å². The molecule has 0 aliphatic heterocycles. The Bertz CT molecular complexity index is 335. The van der Waals surface area contributed by atoms with E-state index in [4.69, 9.17) is 10.5 Å². The minimum atomic E-state index is 0.665. The first-order valence-electron chi connectivity index (χ1n) is 6.25. The van der Waals surface area contributed by atoms with E-state index in [2.05, 4.69) is 22.0 Å². The number of hydrogen-bond donors (Lipinski definition) is 1. The largest absolute Gasteiger partial charge is 0.383 e. The third-order valence-corrected chi connectivity index (χ3v) is 3.06. The highest BCUT2D eigenvalue weighted by atomic mass is 16.5. The summed E-state index contributed by atoms with van der Waals surface area (Å²) in [6, 6.07) is 4.88. The third kappa shape index (κ3) is 3.41. The van der Waals surface area contributed by atoms with Gasteiger partial charge in [-0.25, -0.2) is 4.98 Å². The molecule has 1 aliphatic rings. The Morgan fingerprint density at radius 2 is 2.29 bits per heavy atom. The summed E-state index contributed by atoms with van der Waals surface area (Å²) in [6.07, 6.45) is 5.38. The van der Waals surface area contributed by atoms with Crippen LogP contribution in [0.4, 0.5) is 5.82 Å². The summed E-state index contributed by atoms with van der Waals surface area (Å²) in [5, 5.41) is 0. The molecule has 0 aromatic carbocycles. The molecule has 0 bridgehead atoms. The number of nitrogens with zero attached hydrogens (tertiary/aromatic N) is 2. The number of nitrogens with two attached hydrogens (primary N) is 1. The van der Waals surface area contributed by atoms with E-state index in [1.807, 2.05) is 6.20 Å². The number of hydrogen-bond acceptors (Lipinski definition) is 4. The summed E-state index contributed by atoms with van der Waals surface area (Å²) >= 11 is 0. The lowest BCUT2D eigenvalue weighted by atomic mass is 10.2. The van der Waals surface area contributed by atoms with E-state index in [-0.39, 0.29) is 0 Å². The average molecular weight is 235 g/mol. The summed E-state index contributed by atoms with van der Waals surface area (Å²) in [5.41, 5.74) is 6.73. The Labute approximate surface area is 103 Å². The summed E-state index contributed by atoms with van der Waals surface area (Å²) in [6.45, 7) is 2.35. The van der Waals surface area contributed by atoms with Crippen LogP contribution in [0.3, 0.4) is 0 Å². The number of anilines is 1. The second-order valence-corrected chi connectivity index (χ2v) is 4.48. The fourth-order valence-electron chi connectivity index (χ4n) is 1.96. The second-order valence-electron chi connectivity index (χ2n) is 4.48. The van der Waals surface area contributed by atoms with Crippen molar-refractivity contribution in [3.05, 3.63) is 23.9 Å². The van der Waals surface area contributed by atoms with Gasteiger partial charge in [0.2, 0.25) is 0 Å². The first-order valence-corrected chi connectivity index (χ1v) is 6.25. The van der Waals surface area contributed by atoms with Crippen molar-refractivity contribution in [1.82, 2.24) is 4.98 Å². The Kier molecular flexibility index (Phi) is 4.34. The molecule has 4 heteroatoms. The predicted octanol–water partition coefficient (Wildman–Crippen LogP) is 1.20. The van der Waals surface area contributed by atoms with Gasteiger partial charge in [-0.1, -0.05) is 6.07 Å². The molecule has 17 heavy (non-hydrogen) atoms. The normalized spacial score (nSPS) is 14.9. The number of pyridine rings is 1. The zero-order valence-corrected chi connectivity index (χ0v) is 10.4. The van der Waals surface area contributed by atoms with Gasteiger partial charge >= 0.3 is 0 Å². The van der Waals surface area contributed by atoms with E-state index < -0.39 is 0 Å². The van der Waals surface area contributed by atoms with Gasteiger partial charge in [0.25, 0.3) is 0 Å². The highest BCUT2D eigenvalue weighted by Gasteiger charge is 2.29. The fraction of sp³-hybridized carbons (Fsp3) is 0.615. The molecule has 0 radical (unpaired) electrons. The monoisotopic (exact) mass is 235 g/mol. The number of rotatable bonds is 7. The van der Waals surface area contributed by atoms with Crippen LogP contribution in [0.15, 0.2) is 18.3 Å². The van der Waals surface area contributed by atoms with Gasteiger partial charge in [0.1, 0.15) is 5.82 Å². The van der Waals surface area contributed by atoms with Gasteiger partial charge in [-0.05, 0) is 37.4 Å². The van der Waals surface area contributed by atoms with E-state index in [1.54, 1.807) is 7.11 Å². The number of methoxy groups -OCH3 is 1. The molecule has 0 saturated heterocycles. The van der Waals surface area contributed by atoms with Crippen LogP contribution in [-0.4, -0.2) is 37.8 Å². The van der Waals surface area contributed by atoms with E-state index in [0.29, 0.717) is 12.6 Å². The van der Waals surface area contributed by atoms with Crippen LogP contribution in [0.25, 0.3) is 0 Å². The highest BCUT2D eigenvalue weighted by Crippen LogP contribution is 2.30. The molecular weight excluding hydrogens is 214 g/mol. The molecule has 2 N–H and O–H groups in total. The van der Waals surface area contributed by atoms with Crippen molar-refractivity contribution in [1.29, 1.82) is 0 Å². The molecule has 4 nitrogen and oxygen atoms in total. The zero-order chi connectivity index (χ0) is 12.1. The second kappa shape index (κ2) is 5.98. The molecule has 1 aliphatic carbocycles. The van der Waals surface area contributed by atoms with Crippen molar-refractivity contribution in [3.63, 3.8) is 0 Å². The molecule has 2 rings (SSSR count). The molecule has 1 aromatic heterocycles. The van der Waals surface area contributed by atoms with Gasteiger partial charge < -0.3 is 15.4 Å². The smallest absolute Gasteiger partial charge is 0.128 e. The van der Waals surface area contributed by atoms with E-state index in [9.17, 15) is 0 Å². The molecule has 0 atom stereocenters. The van der Waals surface area contributed by atoms with Crippen molar-refractivity contribution < 1.29 is 4.74 Å². The lowest BCUT2D eigenvalue weighted by Crippen LogP contribution is -2.30. The molecule has 1 aromatic rings. The van der Waals surface area contributed by atoms with Crippen LogP contribution >= 0.6 is 0 Å². The van der Waals surface area contributed by atoms with Gasteiger partial charge in [0.15, 0.2) is 0 Å². The van der Waals surface area contributed by atoms with Crippen LogP contribution in [0.2, 0.25) is 0 Å². The maximum atomic E-state index is 5.53. The standard InChI is InChI=1S/C13H21N3O/c1-17-9-8-16(12-3-4-12)13-5-2-11(6-7-14)10-15-13/h2,5,10,12H,3-4,6-9,14H2,1H3. The highest BCUT2D eigenvalue weighted by molar-refractivity contribution is 5.42. The zero-order valence-electron chi connectivity index (χ0n) is 10.4. The lowest BCUT2D eigenvalue weighted by Gasteiger charge is -2.23. The number of ether oxygens (including phenoxy) is 1. The Balaban J connectivity index is 2.01. The van der Waals surface area contributed by atoms with Crippen LogP contribution < -0.4 is 10.6 Å². The van der Waals surface area contributed by atoms with Crippen LogP contribution in [0.1, 0.15) is 18.4 Å². The topological polar surface area (TPSA) is 51.4 Å².